The number of phenols is 1. The van der Waals surface area contributed by atoms with Crippen LogP contribution in [0.1, 0.15) is 39.6 Å². The number of aldehydes is 1. The maximum Gasteiger partial charge on any atom is 0.339 e. The molecular weight excluding hydrogens is 208 g/mol. The molecule has 1 N–H and O–H groups in total. The van der Waals surface area contributed by atoms with Crippen molar-refractivity contribution < 1.29 is 19.4 Å². The Kier molecular flexibility index (Phi) is 4.05. The molecule has 16 heavy (non-hydrogen) atoms. The van der Waals surface area contributed by atoms with E-state index in [1.165, 1.54) is 13.2 Å². The van der Waals surface area contributed by atoms with Crippen molar-refractivity contribution in [2.75, 3.05) is 7.11 Å². The van der Waals surface area contributed by atoms with E-state index in [0.717, 1.165) is 6.42 Å². The normalized spacial score (nSPS) is 9.88. The van der Waals surface area contributed by atoms with Gasteiger partial charge in [0.05, 0.1) is 18.2 Å². The number of ether oxygens (including phenoxy) is 1. The van der Waals surface area contributed by atoms with Crippen LogP contribution in [0, 0.1) is 0 Å². The van der Waals surface area contributed by atoms with Gasteiger partial charge >= 0.3 is 5.97 Å². The van der Waals surface area contributed by atoms with E-state index >= 15 is 0 Å². The first-order valence-corrected chi connectivity index (χ1v) is 5.04. The molecule has 0 aliphatic rings. The standard InChI is InChI=1S/C12H14O4/c1-3-4-8-5-6-10(14)9(7-13)11(8)12(15)16-2/h5-7,14H,3-4H2,1-2H3. The summed E-state index contributed by atoms with van der Waals surface area (Å²) in [5.74, 6) is -0.795. The minimum atomic E-state index is -0.596. The largest absolute Gasteiger partial charge is 0.507 e. The minimum absolute atomic E-state index is 0.00204. The molecule has 0 saturated heterocycles. The molecule has 0 atom stereocenters. The van der Waals surface area contributed by atoms with Crippen molar-refractivity contribution in [2.45, 2.75) is 19.8 Å². The Morgan fingerprint density at radius 2 is 2.19 bits per heavy atom. The summed E-state index contributed by atoms with van der Waals surface area (Å²) in [7, 11) is 1.25. The Labute approximate surface area is 93.9 Å². The van der Waals surface area contributed by atoms with Gasteiger partial charge in [-0.2, -0.15) is 0 Å². The third kappa shape index (κ3) is 2.21. The molecular formula is C12H14O4. The molecule has 0 amide bonds. The monoisotopic (exact) mass is 222 g/mol. The lowest BCUT2D eigenvalue weighted by Crippen LogP contribution is -2.09. The van der Waals surface area contributed by atoms with E-state index in [2.05, 4.69) is 4.74 Å². The van der Waals surface area contributed by atoms with Crippen molar-refractivity contribution in [2.24, 2.45) is 0 Å². The van der Waals surface area contributed by atoms with Crippen LogP contribution in [0.15, 0.2) is 12.1 Å². The maximum atomic E-state index is 11.5. The third-order valence-corrected chi connectivity index (χ3v) is 2.34. The summed E-state index contributed by atoms with van der Waals surface area (Å²) < 4.78 is 4.61. The molecule has 0 saturated carbocycles. The Bertz CT molecular complexity index is 410. The van der Waals surface area contributed by atoms with Gasteiger partial charge in [0.1, 0.15) is 5.75 Å². The smallest absolute Gasteiger partial charge is 0.339 e. The Balaban J connectivity index is 3.40. The number of hydrogen-bond acceptors (Lipinski definition) is 4. The highest BCUT2D eigenvalue weighted by Crippen LogP contribution is 2.24. The maximum absolute atomic E-state index is 11.5. The van der Waals surface area contributed by atoms with Gasteiger partial charge in [-0.3, -0.25) is 4.79 Å². The predicted molar refractivity (Wildman–Crippen MR) is 58.8 cm³/mol. The second-order valence-corrected chi connectivity index (χ2v) is 3.39. The van der Waals surface area contributed by atoms with E-state index in [9.17, 15) is 14.7 Å². The fourth-order valence-electron chi connectivity index (χ4n) is 1.59. The lowest BCUT2D eigenvalue weighted by molar-refractivity contribution is 0.0596. The number of aryl methyl sites for hydroxylation is 1. The molecule has 0 fully saturated rings. The number of methoxy groups -OCH3 is 1. The molecule has 0 aromatic heterocycles. The number of benzene rings is 1. The number of carbonyl (C=O) groups excluding carboxylic acids is 2. The van der Waals surface area contributed by atoms with Crippen LogP contribution in [0.4, 0.5) is 0 Å². The molecule has 1 aromatic carbocycles. The van der Waals surface area contributed by atoms with Gasteiger partial charge in [0.15, 0.2) is 6.29 Å². The quantitative estimate of drug-likeness (QED) is 0.624. The molecule has 0 aliphatic heterocycles. The average molecular weight is 222 g/mol. The second kappa shape index (κ2) is 5.30. The average Bonchev–Trinajstić information content (AvgIpc) is 2.30. The summed E-state index contributed by atoms with van der Waals surface area (Å²) in [6, 6.07) is 3.05. The topological polar surface area (TPSA) is 63.6 Å². The van der Waals surface area contributed by atoms with Crippen LogP contribution in [-0.4, -0.2) is 24.5 Å². The van der Waals surface area contributed by atoms with Gasteiger partial charge in [-0.1, -0.05) is 19.4 Å². The van der Waals surface area contributed by atoms with Crippen LogP contribution in [-0.2, 0) is 11.2 Å². The zero-order valence-electron chi connectivity index (χ0n) is 9.32. The minimum Gasteiger partial charge on any atom is -0.507 e. The fraction of sp³-hybridized carbons (Fsp3) is 0.333. The molecule has 0 spiro atoms. The summed E-state index contributed by atoms with van der Waals surface area (Å²) in [5, 5.41) is 9.49. The van der Waals surface area contributed by atoms with Crippen LogP contribution in [0.2, 0.25) is 0 Å². The molecule has 4 heteroatoms. The lowest BCUT2D eigenvalue weighted by Gasteiger charge is -2.10. The van der Waals surface area contributed by atoms with Crippen LogP contribution < -0.4 is 0 Å². The van der Waals surface area contributed by atoms with Crippen LogP contribution in [0.3, 0.4) is 0 Å². The zero-order chi connectivity index (χ0) is 12.1. The molecule has 0 unspecified atom stereocenters. The first-order valence-electron chi connectivity index (χ1n) is 5.04. The van der Waals surface area contributed by atoms with Crippen LogP contribution in [0.5, 0.6) is 5.75 Å². The summed E-state index contributed by atoms with van der Waals surface area (Å²) in [6.45, 7) is 1.97. The Morgan fingerprint density at radius 3 is 2.69 bits per heavy atom. The number of phenolic OH excluding ortho intramolecular Hbond substituents is 1. The highest BCUT2D eigenvalue weighted by atomic mass is 16.5. The fourth-order valence-corrected chi connectivity index (χ4v) is 1.59. The number of carbonyl (C=O) groups is 2. The van der Waals surface area contributed by atoms with Crippen molar-refractivity contribution in [3.63, 3.8) is 0 Å². The summed E-state index contributed by atoms with van der Waals surface area (Å²) in [4.78, 5) is 22.4. The van der Waals surface area contributed by atoms with E-state index in [4.69, 9.17) is 0 Å². The first-order chi connectivity index (χ1) is 7.65. The predicted octanol–water partition coefficient (Wildman–Crippen LogP) is 1.94. The second-order valence-electron chi connectivity index (χ2n) is 3.39. The Morgan fingerprint density at radius 1 is 1.50 bits per heavy atom. The van der Waals surface area contributed by atoms with Gasteiger partial charge in [0.2, 0.25) is 0 Å². The number of aromatic hydroxyl groups is 1. The molecule has 0 bridgehead atoms. The lowest BCUT2D eigenvalue weighted by atomic mass is 9.97. The molecule has 86 valence electrons. The summed E-state index contributed by atoms with van der Waals surface area (Å²) >= 11 is 0. The van der Waals surface area contributed by atoms with Gasteiger partial charge in [0.25, 0.3) is 0 Å². The highest BCUT2D eigenvalue weighted by Gasteiger charge is 2.19. The van der Waals surface area contributed by atoms with E-state index < -0.39 is 5.97 Å². The van der Waals surface area contributed by atoms with E-state index in [1.807, 2.05) is 6.92 Å². The third-order valence-electron chi connectivity index (χ3n) is 2.34. The van der Waals surface area contributed by atoms with Crippen molar-refractivity contribution >= 4 is 12.3 Å². The van der Waals surface area contributed by atoms with Gasteiger partial charge in [-0.25, -0.2) is 4.79 Å². The summed E-state index contributed by atoms with van der Waals surface area (Å²) in [6.07, 6.45) is 1.97. The van der Waals surface area contributed by atoms with E-state index in [1.54, 1.807) is 6.07 Å². The van der Waals surface area contributed by atoms with E-state index in [-0.39, 0.29) is 16.9 Å². The van der Waals surface area contributed by atoms with Crippen molar-refractivity contribution in [1.29, 1.82) is 0 Å². The molecule has 0 radical (unpaired) electrons. The van der Waals surface area contributed by atoms with Crippen molar-refractivity contribution in [3.8, 4) is 5.75 Å². The van der Waals surface area contributed by atoms with Gasteiger partial charge in [-0.15, -0.1) is 0 Å². The highest BCUT2D eigenvalue weighted by molar-refractivity contribution is 6.01. The van der Waals surface area contributed by atoms with Gasteiger partial charge < -0.3 is 9.84 Å². The van der Waals surface area contributed by atoms with Crippen LogP contribution in [0.25, 0.3) is 0 Å². The first kappa shape index (κ1) is 12.2. The number of hydrogen-bond donors (Lipinski definition) is 1. The van der Waals surface area contributed by atoms with Gasteiger partial charge in [0, 0.05) is 0 Å². The molecule has 0 aliphatic carbocycles. The zero-order valence-corrected chi connectivity index (χ0v) is 9.32. The molecule has 1 rings (SSSR count). The van der Waals surface area contributed by atoms with E-state index in [0.29, 0.717) is 18.3 Å². The molecule has 1 aromatic rings. The Hall–Kier alpha value is -1.84. The van der Waals surface area contributed by atoms with Crippen LogP contribution >= 0.6 is 0 Å². The number of esters is 1. The van der Waals surface area contributed by atoms with Crippen molar-refractivity contribution in [1.82, 2.24) is 0 Å². The SMILES string of the molecule is CCCc1ccc(O)c(C=O)c1C(=O)OC. The summed E-state index contributed by atoms with van der Waals surface area (Å²) in [5.41, 5.74) is 0.881. The van der Waals surface area contributed by atoms with Crippen molar-refractivity contribution in [3.05, 3.63) is 28.8 Å². The molecule has 4 nitrogen and oxygen atoms in total. The molecule has 0 heterocycles. The number of rotatable bonds is 4. The van der Waals surface area contributed by atoms with Gasteiger partial charge in [-0.05, 0) is 18.1 Å².